The Morgan fingerprint density at radius 1 is 1.14 bits per heavy atom. The fraction of sp³-hybridized carbons (Fsp3) is 0.440. The minimum atomic E-state index is -4.05. The van der Waals surface area contributed by atoms with Crippen LogP contribution in [-0.4, -0.2) is 47.1 Å². The molecule has 0 radical (unpaired) electrons. The number of esters is 1. The van der Waals surface area contributed by atoms with E-state index in [1.54, 1.807) is 24.3 Å². The maximum atomic E-state index is 13.2. The maximum absolute atomic E-state index is 13.2. The smallest absolute Gasteiger partial charge is 0.340 e. The molecule has 10 heteroatoms. The summed E-state index contributed by atoms with van der Waals surface area (Å²) in [4.78, 5) is 24.9. The van der Waals surface area contributed by atoms with Crippen LogP contribution in [0.1, 0.15) is 43.5 Å². The zero-order chi connectivity index (χ0) is 25.8. The summed E-state index contributed by atoms with van der Waals surface area (Å²) in [5, 5.41) is 2.95. The van der Waals surface area contributed by atoms with Gasteiger partial charge in [-0.1, -0.05) is 50.4 Å². The molecular weight excluding hydrogens is 492 g/mol. The number of hydrogen-bond acceptors (Lipinski definition) is 6. The largest absolute Gasteiger partial charge is 0.495 e. The number of para-hydroxylation sites is 2. The molecular formula is C25H31ClN2O6S. The number of carbonyl (C=O) groups excluding carboxylic acids is 2. The Morgan fingerprint density at radius 3 is 2.57 bits per heavy atom. The predicted octanol–water partition coefficient (Wildman–Crippen LogP) is 4.27. The van der Waals surface area contributed by atoms with E-state index in [2.05, 4.69) is 19.2 Å². The van der Waals surface area contributed by atoms with E-state index < -0.39 is 28.5 Å². The Kier molecular flexibility index (Phi) is 8.66. The quantitative estimate of drug-likeness (QED) is 0.519. The highest BCUT2D eigenvalue weighted by Crippen LogP contribution is 2.32. The number of nitrogens with one attached hydrogen (secondary N) is 1. The first-order valence-corrected chi connectivity index (χ1v) is 13.3. The average Bonchev–Trinajstić information content (AvgIpc) is 2.85. The second-order valence-corrected chi connectivity index (χ2v) is 11.2. The Bertz CT molecular complexity index is 1190. The summed E-state index contributed by atoms with van der Waals surface area (Å²) in [5.41, 5.74) is 0.186. The van der Waals surface area contributed by atoms with Gasteiger partial charge in [0.1, 0.15) is 5.75 Å². The van der Waals surface area contributed by atoms with E-state index in [0.717, 1.165) is 29.6 Å². The molecule has 190 valence electrons. The van der Waals surface area contributed by atoms with Gasteiger partial charge in [-0.25, -0.2) is 13.2 Å². The molecule has 3 rings (SSSR count). The van der Waals surface area contributed by atoms with E-state index in [4.69, 9.17) is 21.1 Å². The molecule has 35 heavy (non-hydrogen) atoms. The Morgan fingerprint density at radius 2 is 1.86 bits per heavy atom. The van der Waals surface area contributed by atoms with Crippen molar-refractivity contribution in [3.63, 3.8) is 0 Å². The van der Waals surface area contributed by atoms with E-state index in [0.29, 0.717) is 23.3 Å². The van der Waals surface area contributed by atoms with Crippen molar-refractivity contribution in [3.8, 4) is 5.75 Å². The molecule has 0 unspecified atom stereocenters. The van der Waals surface area contributed by atoms with Crippen LogP contribution in [0.5, 0.6) is 5.75 Å². The highest BCUT2D eigenvalue weighted by molar-refractivity contribution is 7.92. The minimum absolute atomic E-state index is 0.0176. The minimum Gasteiger partial charge on any atom is -0.495 e. The lowest BCUT2D eigenvalue weighted by atomic mass is 9.78. The number of halogens is 1. The van der Waals surface area contributed by atoms with Crippen molar-refractivity contribution in [3.05, 3.63) is 53.1 Å². The maximum Gasteiger partial charge on any atom is 0.340 e. The third-order valence-corrected chi connectivity index (χ3v) is 8.73. The number of hydrogen-bond donors (Lipinski definition) is 1. The Balaban J connectivity index is 1.72. The summed E-state index contributed by atoms with van der Waals surface area (Å²) in [6.07, 6.45) is 3.06. The third-order valence-electron chi connectivity index (χ3n) is 6.63. The van der Waals surface area contributed by atoms with E-state index >= 15 is 0 Å². The lowest BCUT2D eigenvalue weighted by molar-refractivity contribution is -0.125. The highest BCUT2D eigenvalue weighted by atomic mass is 35.5. The molecule has 1 amide bonds. The lowest BCUT2D eigenvalue weighted by Crippen LogP contribution is -2.45. The Labute approximate surface area is 211 Å². The summed E-state index contributed by atoms with van der Waals surface area (Å²) < 4.78 is 38.0. The van der Waals surface area contributed by atoms with Crippen molar-refractivity contribution in [2.45, 2.75) is 44.0 Å². The van der Waals surface area contributed by atoms with Gasteiger partial charge in [-0.3, -0.25) is 9.10 Å². The van der Waals surface area contributed by atoms with Gasteiger partial charge >= 0.3 is 5.97 Å². The summed E-state index contributed by atoms with van der Waals surface area (Å²) in [7, 11) is -1.22. The van der Waals surface area contributed by atoms with Crippen molar-refractivity contribution >= 4 is 39.2 Å². The van der Waals surface area contributed by atoms with Crippen LogP contribution in [0.4, 0.5) is 5.69 Å². The number of nitrogens with zero attached hydrogens (tertiary/aromatic N) is 1. The van der Waals surface area contributed by atoms with Crippen LogP contribution in [0.3, 0.4) is 0 Å². The molecule has 0 aliphatic heterocycles. The summed E-state index contributed by atoms with van der Waals surface area (Å²) in [6, 6.07) is 10.5. The van der Waals surface area contributed by atoms with Crippen LogP contribution in [0.15, 0.2) is 47.4 Å². The highest BCUT2D eigenvalue weighted by Gasteiger charge is 2.29. The normalized spacial score (nSPS) is 20.1. The molecule has 2 aromatic rings. The zero-order valence-corrected chi connectivity index (χ0v) is 21.9. The molecule has 0 heterocycles. The zero-order valence-electron chi connectivity index (χ0n) is 20.3. The van der Waals surface area contributed by atoms with Crippen molar-refractivity contribution < 1.29 is 27.5 Å². The number of carbonyl (C=O) groups is 2. The molecule has 1 aliphatic rings. The summed E-state index contributed by atoms with van der Waals surface area (Å²) >= 11 is 6.16. The van der Waals surface area contributed by atoms with Gasteiger partial charge in [0.05, 0.1) is 28.3 Å². The Hall–Kier alpha value is -2.78. The van der Waals surface area contributed by atoms with Gasteiger partial charge in [0.15, 0.2) is 6.61 Å². The van der Waals surface area contributed by atoms with E-state index in [-0.39, 0.29) is 21.5 Å². The SMILES string of the molecule is COc1ccccc1N(C)S(=O)(=O)c1ccc(Cl)c(C(=O)OCC(=O)N[C@@H]2CCC[C@H](C)[C@@H]2C)c1. The number of anilines is 1. The molecule has 3 atom stereocenters. The van der Waals surface area contributed by atoms with Crippen molar-refractivity contribution in [1.29, 1.82) is 0 Å². The molecule has 0 saturated heterocycles. The number of amides is 1. The molecule has 2 aromatic carbocycles. The lowest BCUT2D eigenvalue weighted by Gasteiger charge is -2.34. The van der Waals surface area contributed by atoms with Crippen LogP contribution >= 0.6 is 11.6 Å². The number of benzene rings is 2. The van der Waals surface area contributed by atoms with Crippen LogP contribution in [0.2, 0.25) is 5.02 Å². The molecule has 1 aliphatic carbocycles. The van der Waals surface area contributed by atoms with Crippen LogP contribution in [-0.2, 0) is 19.6 Å². The monoisotopic (exact) mass is 522 g/mol. The van der Waals surface area contributed by atoms with Gasteiger partial charge in [0, 0.05) is 13.1 Å². The number of rotatable bonds is 8. The number of methoxy groups -OCH3 is 1. The van der Waals surface area contributed by atoms with Gasteiger partial charge in [-0.2, -0.15) is 0 Å². The van der Waals surface area contributed by atoms with E-state index in [9.17, 15) is 18.0 Å². The molecule has 1 saturated carbocycles. The molecule has 0 aromatic heterocycles. The van der Waals surface area contributed by atoms with Crippen molar-refractivity contribution in [2.75, 3.05) is 25.1 Å². The van der Waals surface area contributed by atoms with Crippen molar-refractivity contribution in [2.24, 2.45) is 11.8 Å². The van der Waals surface area contributed by atoms with Gasteiger partial charge in [0.2, 0.25) is 0 Å². The average molecular weight is 523 g/mol. The van der Waals surface area contributed by atoms with E-state index in [1.165, 1.54) is 26.3 Å². The molecule has 8 nitrogen and oxygen atoms in total. The summed E-state index contributed by atoms with van der Waals surface area (Å²) in [6.45, 7) is 3.79. The van der Waals surface area contributed by atoms with Crippen LogP contribution < -0.4 is 14.4 Å². The van der Waals surface area contributed by atoms with Crippen LogP contribution in [0, 0.1) is 11.8 Å². The van der Waals surface area contributed by atoms with Gasteiger partial charge in [0.25, 0.3) is 15.9 Å². The first kappa shape index (κ1) is 26.8. The van der Waals surface area contributed by atoms with Gasteiger partial charge in [-0.15, -0.1) is 0 Å². The summed E-state index contributed by atoms with van der Waals surface area (Å²) in [5.74, 6) is -0.0683. The van der Waals surface area contributed by atoms with Gasteiger partial charge in [-0.05, 0) is 48.6 Å². The van der Waals surface area contributed by atoms with Crippen LogP contribution in [0.25, 0.3) is 0 Å². The first-order chi connectivity index (χ1) is 16.6. The third kappa shape index (κ3) is 6.08. The number of sulfonamides is 1. The molecule has 0 bridgehead atoms. The molecule has 1 fully saturated rings. The fourth-order valence-electron chi connectivity index (χ4n) is 4.24. The molecule has 1 N–H and O–H groups in total. The van der Waals surface area contributed by atoms with E-state index in [1.807, 2.05) is 0 Å². The van der Waals surface area contributed by atoms with Crippen molar-refractivity contribution in [1.82, 2.24) is 5.32 Å². The standard InChI is InChI=1S/C25H31ClN2O6S/c1-16-8-7-9-21(17(16)2)27-24(29)15-34-25(30)19-14-18(12-13-20(19)26)35(31,32)28(3)22-10-5-6-11-23(22)33-4/h5-6,10-14,16-17,21H,7-9,15H2,1-4H3,(H,27,29)/t16-,17-,21+/m0/s1. The predicted molar refractivity (Wildman–Crippen MR) is 134 cm³/mol. The van der Waals surface area contributed by atoms with Gasteiger partial charge < -0.3 is 14.8 Å². The second kappa shape index (κ2) is 11.3. The molecule has 0 spiro atoms. The second-order valence-electron chi connectivity index (χ2n) is 8.80. The topological polar surface area (TPSA) is 102 Å². The fourth-order valence-corrected chi connectivity index (χ4v) is 5.67. The first-order valence-electron chi connectivity index (χ1n) is 11.4. The number of ether oxygens (including phenoxy) is 2.